The Morgan fingerprint density at radius 3 is 2.62 bits per heavy atom. The van der Waals surface area contributed by atoms with Crippen LogP contribution in [0.1, 0.15) is 23.3 Å². The first-order valence-electron chi connectivity index (χ1n) is 10.4. The Kier molecular flexibility index (Phi) is 5.76. The molecule has 0 aliphatic heterocycles. The number of carbonyl (C=O) groups is 1. The van der Waals surface area contributed by atoms with Crippen molar-refractivity contribution in [2.75, 3.05) is 5.32 Å². The molecule has 2 aromatic carbocycles. The second-order valence-electron chi connectivity index (χ2n) is 7.76. The molecule has 5 nitrogen and oxygen atoms in total. The van der Waals surface area contributed by atoms with Crippen LogP contribution in [0.3, 0.4) is 0 Å². The molecule has 0 unspecified atom stereocenters. The summed E-state index contributed by atoms with van der Waals surface area (Å²) in [5, 5.41) is 4.21. The zero-order valence-corrected chi connectivity index (χ0v) is 19.4. The Labute approximate surface area is 198 Å². The SMILES string of the molecule is O=C(Cn1c(-c2ccccc2)nc2sc3c(c2c1=O)CCCC3)Nc1ccc(Cl)c(Cl)c1. The van der Waals surface area contributed by atoms with E-state index in [9.17, 15) is 9.59 Å². The zero-order valence-electron chi connectivity index (χ0n) is 17.0. The standard InChI is InChI=1S/C24H19Cl2N3O2S/c25-17-11-10-15(12-18(17)26)27-20(30)13-29-22(14-6-2-1-3-7-14)28-23-21(24(29)31)16-8-4-5-9-19(16)32-23/h1-3,6-7,10-12H,4-5,8-9,13H2,(H,27,30). The van der Waals surface area contributed by atoms with Gasteiger partial charge in [0.1, 0.15) is 17.2 Å². The van der Waals surface area contributed by atoms with E-state index in [0.717, 1.165) is 41.6 Å². The summed E-state index contributed by atoms with van der Waals surface area (Å²) in [5.41, 5.74) is 2.24. The van der Waals surface area contributed by atoms with Gasteiger partial charge in [0.25, 0.3) is 5.56 Å². The van der Waals surface area contributed by atoms with Crippen LogP contribution in [0.15, 0.2) is 53.3 Å². The minimum absolute atomic E-state index is 0.156. The largest absolute Gasteiger partial charge is 0.324 e. The smallest absolute Gasteiger partial charge is 0.263 e. The monoisotopic (exact) mass is 483 g/mol. The van der Waals surface area contributed by atoms with E-state index >= 15 is 0 Å². The fourth-order valence-corrected chi connectivity index (χ4v) is 5.66. The lowest BCUT2D eigenvalue weighted by Crippen LogP contribution is -2.30. The summed E-state index contributed by atoms with van der Waals surface area (Å²) in [5.74, 6) is 0.152. The molecule has 0 atom stereocenters. The highest BCUT2D eigenvalue weighted by molar-refractivity contribution is 7.18. The van der Waals surface area contributed by atoms with Crippen molar-refractivity contribution in [3.8, 4) is 11.4 Å². The predicted molar refractivity (Wildman–Crippen MR) is 131 cm³/mol. The summed E-state index contributed by atoms with van der Waals surface area (Å²) in [7, 11) is 0. The van der Waals surface area contributed by atoms with Crippen molar-refractivity contribution in [3.05, 3.63) is 79.4 Å². The number of anilines is 1. The van der Waals surface area contributed by atoms with Crippen molar-refractivity contribution >= 4 is 56.3 Å². The molecule has 2 heterocycles. The van der Waals surface area contributed by atoms with E-state index < -0.39 is 0 Å². The van der Waals surface area contributed by atoms with Gasteiger partial charge in [0, 0.05) is 16.1 Å². The number of hydrogen-bond donors (Lipinski definition) is 1. The van der Waals surface area contributed by atoms with E-state index in [-0.39, 0.29) is 18.0 Å². The van der Waals surface area contributed by atoms with Crippen molar-refractivity contribution in [1.82, 2.24) is 9.55 Å². The molecule has 2 aromatic heterocycles. The molecule has 0 saturated carbocycles. The third kappa shape index (κ3) is 3.94. The lowest BCUT2D eigenvalue weighted by Gasteiger charge is -2.14. The topological polar surface area (TPSA) is 64.0 Å². The molecule has 5 rings (SSSR count). The number of halogens is 2. The number of hydrogen-bond acceptors (Lipinski definition) is 4. The minimum atomic E-state index is -0.340. The van der Waals surface area contributed by atoms with Crippen LogP contribution in [-0.2, 0) is 24.2 Å². The quantitative estimate of drug-likeness (QED) is 0.390. The van der Waals surface area contributed by atoms with Crippen molar-refractivity contribution < 1.29 is 4.79 Å². The summed E-state index contributed by atoms with van der Waals surface area (Å²) in [4.78, 5) is 33.4. The number of amides is 1. The molecule has 1 aliphatic carbocycles. The molecule has 0 saturated heterocycles. The molecule has 4 aromatic rings. The van der Waals surface area contributed by atoms with Gasteiger partial charge in [-0.3, -0.25) is 14.2 Å². The molecule has 162 valence electrons. The molecule has 1 amide bonds. The third-order valence-electron chi connectivity index (χ3n) is 5.61. The Morgan fingerprint density at radius 1 is 1.06 bits per heavy atom. The van der Waals surface area contributed by atoms with Gasteiger partial charge < -0.3 is 5.32 Å². The molecule has 0 bridgehead atoms. The number of nitrogens with one attached hydrogen (secondary N) is 1. The van der Waals surface area contributed by atoms with Crippen molar-refractivity contribution in [1.29, 1.82) is 0 Å². The van der Waals surface area contributed by atoms with Gasteiger partial charge in [0.15, 0.2) is 0 Å². The van der Waals surface area contributed by atoms with E-state index in [1.807, 2.05) is 30.3 Å². The van der Waals surface area contributed by atoms with Gasteiger partial charge in [-0.15, -0.1) is 11.3 Å². The highest BCUT2D eigenvalue weighted by Crippen LogP contribution is 2.35. The highest BCUT2D eigenvalue weighted by atomic mass is 35.5. The van der Waals surface area contributed by atoms with Crippen molar-refractivity contribution in [2.24, 2.45) is 0 Å². The van der Waals surface area contributed by atoms with E-state index in [0.29, 0.717) is 26.9 Å². The maximum absolute atomic E-state index is 13.7. The number of aromatic nitrogens is 2. The van der Waals surface area contributed by atoms with Gasteiger partial charge in [-0.2, -0.15) is 0 Å². The third-order valence-corrected chi connectivity index (χ3v) is 7.54. The summed E-state index contributed by atoms with van der Waals surface area (Å²) >= 11 is 13.6. The number of thiophene rings is 1. The van der Waals surface area contributed by atoms with Gasteiger partial charge >= 0.3 is 0 Å². The molecular formula is C24H19Cl2N3O2S. The van der Waals surface area contributed by atoms with Crippen LogP contribution in [0.4, 0.5) is 5.69 Å². The number of fused-ring (bicyclic) bond motifs is 3. The molecule has 32 heavy (non-hydrogen) atoms. The molecule has 1 aliphatic rings. The minimum Gasteiger partial charge on any atom is -0.324 e. The fourth-order valence-electron chi connectivity index (χ4n) is 4.11. The maximum atomic E-state index is 13.7. The van der Waals surface area contributed by atoms with Gasteiger partial charge in [0.05, 0.1) is 15.4 Å². The first kappa shape index (κ1) is 21.2. The molecule has 0 spiro atoms. The van der Waals surface area contributed by atoms with Crippen LogP contribution < -0.4 is 10.9 Å². The Morgan fingerprint density at radius 2 is 1.84 bits per heavy atom. The predicted octanol–water partition coefficient (Wildman–Crippen LogP) is 5.95. The second kappa shape index (κ2) is 8.70. The maximum Gasteiger partial charge on any atom is 0.263 e. The first-order chi connectivity index (χ1) is 15.5. The van der Waals surface area contributed by atoms with Gasteiger partial charge in [-0.25, -0.2) is 4.98 Å². The Balaban J connectivity index is 1.59. The molecule has 0 radical (unpaired) electrons. The van der Waals surface area contributed by atoms with Crippen LogP contribution in [-0.4, -0.2) is 15.5 Å². The molecule has 1 N–H and O–H groups in total. The van der Waals surface area contributed by atoms with Crippen LogP contribution in [0.25, 0.3) is 21.6 Å². The van der Waals surface area contributed by atoms with Gasteiger partial charge in [-0.1, -0.05) is 53.5 Å². The van der Waals surface area contributed by atoms with Gasteiger partial charge in [0.2, 0.25) is 5.91 Å². The van der Waals surface area contributed by atoms with E-state index in [1.165, 1.54) is 9.44 Å². The van der Waals surface area contributed by atoms with Crippen molar-refractivity contribution in [2.45, 2.75) is 32.2 Å². The summed E-state index contributed by atoms with van der Waals surface area (Å²) in [6.07, 6.45) is 4.06. The van der Waals surface area contributed by atoms with Crippen molar-refractivity contribution in [3.63, 3.8) is 0 Å². The zero-order chi connectivity index (χ0) is 22.2. The normalized spacial score (nSPS) is 13.2. The van der Waals surface area contributed by atoms with Gasteiger partial charge in [-0.05, 0) is 49.4 Å². The van der Waals surface area contributed by atoms with E-state index in [2.05, 4.69) is 5.32 Å². The van der Waals surface area contributed by atoms with Crippen LogP contribution >= 0.6 is 34.5 Å². The van der Waals surface area contributed by atoms with Crippen LogP contribution in [0.5, 0.6) is 0 Å². The average Bonchev–Trinajstić information content (AvgIpc) is 3.17. The first-order valence-corrected chi connectivity index (χ1v) is 11.9. The number of rotatable bonds is 4. The molecule has 0 fully saturated rings. The lowest BCUT2D eigenvalue weighted by atomic mass is 9.97. The highest BCUT2D eigenvalue weighted by Gasteiger charge is 2.23. The number of nitrogens with zero attached hydrogens (tertiary/aromatic N) is 2. The fraction of sp³-hybridized carbons (Fsp3) is 0.208. The van der Waals surface area contributed by atoms with Crippen LogP contribution in [0, 0.1) is 0 Å². The second-order valence-corrected chi connectivity index (χ2v) is 9.66. The Hall–Kier alpha value is -2.67. The number of carbonyl (C=O) groups excluding carboxylic acids is 1. The summed E-state index contributed by atoms with van der Waals surface area (Å²) < 4.78 is 1.48. The molecular weight excluding hydrogens is 465 g/mol. The molecule has 8 heteroatoms. The Bertz CT molecular complexity index is 1400. The van der Waals surface area contributed by atoms with Crippen LogP contribution in [0.2, 0.25) is 10.0 Å². The summed E-state index contributed by atoms with van der Waals surface area (Å²) in [6, 6.07) is 14.4. The number of aryl methyl sites for hydroxylation is 2. The summed E-state index contributed by atoms with van der Waals surface area (Å²) in [6.45, 7) is -0.156. The van der Waals surface area contributed by atoms with E-state index in [4.69, 9.17) is 28.2 Å². The average molecular weight is 484 g/mol. The van der Waals surface area contributed by atoms with E-state index in [1.54, 1.807) is 29.5 Å². The number of benzene rings is 2. The lowest BCUT2D eigenvalue weighted by molar-refractivity contribution is -0.116.